The average Bonchev–Trinajstić information content (AvgIpc) is 3.20. The van der Waals surface area contributed by atoms with E-state index < -0.39 is 6.03 Å². The maximum Gasteiger partial charge on any atom is 0.323 e. The Labute approximate surface area is 163 Å². The van der Waals surface area contributed by atoms with E-state index in [1.165, 1.54) is 0 Å². The molecular formula is C18H12Cl2N4OS. The van der Waals surface area contributed by atoms with Gasteiger partial charge >= 0.3 is 6.03 Å². The first-order chi connectivity index (χ1) is 12.6. The Morgan fingerprint density at radius 1 is 1.12 bits per heavy atom. The number of nitrogens with zero attached hydrogens (tertiary/aromatic N) is 2. The minimum Gasteiger partial charge on any atom is -0.308 e. The molecule has 5 nitrogen and oxygen atoms in total. The lowest BCUT2D eigenvalue weighted by atomic mass is 10.1. The minimum atomic E-state index is -0.405. The van der Waals surface area contributed by atoms with E-state index >= 15 is 0 Å². The van der Waals surface area contributed by atoms with Crippen LogP contribution in [0.1, 0.15) is 0 Å². The fraction of sp³-hybridized carbons (Fsp3) is 0. The van der Waals surface area contributed by atoms with Crippen LogP contribution in [0.3, 0.4) is 0 Å². The van der Waals surface area contributed by atoms with Gasteiger partial charge in [0.2, 0.25) is 0 Å². The van der Waals surface area contributed by atoms with Gasteiger partial charge in [0.05, 0.1) is 16.4 Å². The number of carbonyl (C=O) groups is 1. The normalized spacial score (nSPS) is 10.8. The van der Waals surface area contributed by atoms with Crippen molar-refractivity contribution in [3.63, 3.8) is 0 Å². The molecular weight excluding hydrogens is 391 g/mol. The van der Waals surface area contributed by atoms with Crippen LogP contribution in [-0.2, 0) is 0 Å². The summed E-state index contributed by atoms with van der Waals surface area (Å²) in [4.78, 5) is 17.7. The van der Waals surface area contributed by atoms with Gasteiger partial charge in [0, 0.05) is 34.0 Å². The van der Waals surface area contributed by atoms with Gasteiger partial charge in [0.25, 0.3) is 0 Å². The number of rotatable bonds is 3. The summed E-state index contributed by atoms with van der Waals surface area (Å²) in [6.07, 6.45) is 3.91. The quantitative estimate of drug-likeness (QED) is 0.440. The molecule has 4 aromatic rings. The number of aromatic nitrogens is 2. The van der Waals surface area contributed by atoms with Crippen molar-refractivity contribution in [1.29, 1.82) is 0 Å². The number of carbonyl (C=O) groups excluding carboxylic acids is 1. The van der Waals surface area contributed by atoms with Gasteiger partial charge in [-0.2, -0.15) is 0 Å². The number of nitrogens with one attached hydrogen (secondary N) is 2. The van der Waals surface area contributed by atoms with Gasteiger partial charge in [-0.15, -0.1) is 11.3 Å². The molecule has 0 saturated heterocycles. The Morgan fingerprint density at radius 3 is 2.85 bits per heavy atom. The number of fused-ring (bicyclic) bond motifs is 1. The van der Waals surface area contributed by atoms with Crippen LogP contribution in [0, 0.1) is 0 Å². The van der Waals surface area contributed by atoms with E-state index in [1.807, 2.05) is 40.4 Å². The van der Waals surface area contributed by atoms with Crippen molar-refractivity contribution in [3.8, 4) is 11.3 Å². The molecule has 0 aliphatic carbocycles. The van der Waals surface area contributed by atoms with Gasteiger partial charge in [-0.25, -0.2) is 9.78 Å². The highest BCUT2D eigenvalue weighted by Crippen LogP contribution is 2.26. The van der Waals surface area contributed by atoms with Crippen molar-refractivity contribution in [2.24, 2.45) is 0 Å². The zero-order valence-electron chi connectivity index (χ0n) is 13.2. The molecule has 2 N–H and O–H groups in total. The van der Waals surface area contributed by atoms with Crippen LogP contribution >= 0.6 is 34.5 Å². The third-order valence-corrected chi connectivity index (χ3v) is 5.02. The zero-order valence-corrected chi connectivity index (χ0v) is 15.6. The first-order valence-corrected chi connectivity index (χ1v) is 9.28. The average molecular weight is 403 g/mol. The summed E-state index contributed by atoms with van der Waals surface area (Å²) < 4.78 is 1.97. The lowest BCUT2D eigenvalue weighted by Crippen LogP contribution is -2.19. The number of benzene rings is 2. The fourth-order valence-electron chi connectivity index (χ4n) is 2.50. The van der Waals surface area contributed by atoms with Crippen LogP contribution in [0.15, 0.2) is 60.2 Å². The van der Waals surface area contributed by atoms with E-state index in [1.54, 1.807) is 35.6 Å². The van der Waals surface area contributed by atoms with Crippen molar-refractivity contribution >= 4 is 56.9 Å². The molecule has 0 saturated carbocycles. The molecule has 130 valence electrons. The molecule has 0 bridgehead atoms. The van der Waals surface area contributed by atoms with Gasteiger partial charge in [0.1, 0.15) is 0 Å². The summed E-state index contributed by atoms with van der Waals surface area (Å²) >= 11 is 13.6. The molecule has 0 unspecified atom stereocenters. The Kier molecular flexibility index (Phi) is 4.55. The van der Waals surface area contributed by atoms with Crippen molar-refractivity contribution in [1.82, 2.24) is 9.38 Å². The number of urea groups is 1. The molecule has 26 heavy (non-hydrogen) atoms. The van der Waals surface area contributed by atoms with E-state index in [2.05, 4.69) is 15.6 Å². The van der Waals surface area contributed by atoms with Gasteiger partial charge in [0.15, 0.2) is 4.96 Å². The lowest BCUT2D eigenvalue weighted by Gasteiger charge is -2.10. The van der Waals surface area contributed by atoms with E-state index in [4.69, 9.17) is 23.2 Å². The Bertz CT molecular complexity index is 1080. The maximum atomic E-state index is 12.3. The summed E-state index contributed by atoms with van der Waals surface area (Å²) in [5.74, 6) is 0. The standard InChI is InChI=1S/C18H12Cl2N4OS/c19-12-4-5-14(20)15(9-12)22-17(25)21-13-3-1-2-11(8-13)16-10-24-6-7-26-18(24)23-16/h1-10H,(H2,21,22,25). The first kappa shape index (κ1) is 16.9. The molecule has 0 atom stereocenters. The molecule has 0 spiro atoms. The Morgan fingerprint density at radius 2 is 2.00 bits per heavy atom. The maximum absolute atomic E-state index is 12.3. The summed E-state index contributed by atoms with van der Waals surface area (Å²) in [6, 6.07) is 12.0. The van der Waals surface area contributed by atoms with Crippen LogP contribution in [0.4, 0.5) is 16.2 Å². The predicted octanol–water partition coefficient (Wildman–Crippen LogP) is 6.01. The second-order valence-corrected chi connectivity index (χ2v) is 7.22. The summed E-state index contributed by atoms with van der Waals surface area (Å²) in [5.41, 5.74) is 2.86. The zero-order chi connectivity index (χ0) is 18.1. The molecule has 4 rings (SSSR count). The van der Waals surface area contributed by atoms with Gasteiger partial charge in [-0.3, -0.25) is 4.40 Å². The second-order valence-electron chi connectivity index (χ2n) is 5.50. The number of amides is 2. The number of hydrogen-bond acceptors (Lipinski definition) is 3. The topological polar surface area (TPSA) is 58.4 Å². The number of halogens is 2. The van der Waals surface area contributed by atoms with Crippen LogP contribution < -0.4 is 10.6 Å². The Hall–Kier alpha value is -2.54. The predicted molar refractivity (Wildman–Crippen MR) is 108 cm³/mol. The highest BCUT2D eigenvalue weighted by molar-refractivity contribution is 7.15. The third-order valence-electron chi connectivity index (χ3n) is 3.69. The molecule has 2 aromatic heterocycles. The molecule has 0 aliphatic rings. The van der Waals surface area contributed by atoms with E-state index in [9.17, 15) is 4.79 Å². The van der Waals surface area contributed by atoms with Crippen molar-refractivity contribution in [2.75, 3.05) is 10.6 Å². The second kappa shape index (κ2) is 6.99. The molecule has 0 fully saturated rings. The van der Waals surface area contributed by atoms with Crippen molar-refractivity contribution < 1.29 is 4.79 Å². The fourth-order valence-corrected chi connectivity index (χ4v) is 3.54. The first-order valence-electron chi connectivity index (χ1n) is 7.64. The minimum absolute atomic E-state index is 0.405. The molecule has 0 radical (unpaired) electrons. The highest BCUT2D eigenvalue weighted by Gasteiger charge is 2.09. The molecule has 2 amide bonds. The SMILES string of the molecule is O=C(Nc1cccc(-c2cn3ccsc3n2)c1)Nc1cc(Cl)ccc1Cl. The smallest absolute Gasteiger partial charge is 0.308 e. The molecule has 2 heterocycles. The van der Waals surface area contributed by atoms with E-state index in [0.29, 0.717) is 21.4 Å². The van der Waals surface area contributed by atoms with Gasteiger partial charge < -0.3 is 10.6 Å². The van der Waals surface area contributed by atoms with Gasteiger partial charge in [-0.05, 0) is 30.3 Å². The number of anilines is 2. The number of thiazole rings is 1. The van der Waals surface area contributed by atoms with E-state index in [0.717, 1.165) is 16.2 Å². The number of hydrogen-bond donors (Lipinski definition) is 2. The van der Waals surface area contributed by atoms with Crippen LogP contribution in [0.2, 0.25) is 10.0 Å². The summed E-state index contributed by atoms with van der Waals surface area (Å²) in [5, 5.41) is 8.37. The molecule has 2 aromatic carbocycles. The Balaban J connectivity index is 1.52. The van der Waals surface area contributed by atoms with Gasteiger partial charge in [-0.1, -0.05) is 35.3 Å². The lowest BCUT2D eigenvalue weighted by molar-refractivity contribution is 0.262. The number of imidazole rings is 1. The van der Waals surface area contributed by atoms with Crippen LogP contribution in [-0.4, -0.2) is 15.4 Å². The van der Waals surface area contributed by atoms with Crippen molar-refractivity contribution in [2.45, 2.75) is 0 Å². The monoisotopic (exact) mass is 402 g/mol. The van der Waals surface area contributed by atoms with Crippen LogP contribution in [0.5, 0.6) is 0 Å². The third kappa shape index (κ3) is 3.53. The van der Waals surface area contributed by atoms with Crippen molar-refractivity contribution in [3.05, 3.63) is 70.3 Å². The van der Waals surface area contributed by atoms with Crippen LogP contribution in [0.25, 0.3) is 16.2 Å². The molecule has 8 heteroatoms. The largest absolute Gasteiger partial charge is 0.323 e. The highest BCUT2D eigenvalue weighted by atomic mass is 35.5. The summed E-state index contributed by atoms with van der Waals surface area (Å²) in [6.45, 7) is 0. The molecule has 0 aliphatic heterocycles. The summed E-state index contributed by atoms with van der Waals surface area (Å²) in [7, 11) is 0. The van der Waals surface area contributed by atoms with E-state index in [-0.39, 0.29) is 0 Å².